The van der Waals surface area contributed by atoms with Crippen LogP contribution in [0.3, 0.4) is 0 Å². The van der Waals surface area contributed by atoms with Crippen LogP contribution in [-0.2, 0) is 0 Å². The van der Waals surface area contributed by atoms with Crippen LogP contribution >= 0.6 is 11.3 Å². The van der Waals surface area contributed by atoms with Crippen LogP contribution < -0.4 is 10.2 Å². The van der Waals surface area contributed by atoms with E-state index in [2.05, 4.69) is 10.5 Å². The Labute approximate surface area is 138 Å². The number of amides is 1. The van der Waals surface area contributed by atoms with Crippen LogP contribution in [0.2, 0.25) is 0 Å². The third-order valence-corrected chi connectivity index (χ3v) is 4.20. The number of carbonyl (C=O) groups is 1. The Balaban J connectivity index is 1.89. The zero-order valence-corrected chi connectivity index (χ0v) is 13.5. The molecule has 1 amide bonds. The first-order valence-corrected chi connectivity index (χ1v) is 8.19. The van der Waals surface area contributed by atoms with Crippen LogP contribution in [0.5, 0.6) is 5.75 Å². The number of hydrogen-bond acceptors (Lipinski definition) is 4. The zero-order chi connectivity index (χ0) is 16.1. The molecule has 2 aromatic carbocycles. The molecule has 0 fully saturated rings. The van der Waals surface area contributed by atoms with E-state index in [1.807, 2.05) is 54.8 Å². The molecule has 23 heavy (non-hydrogen) atoms. The van der Waals surface area contributed by atoms with Gasteiger partial charge in [0.2, 0.25) is 0 Å². The van der Waals surface area contributed by atoms with E-state index in [1.165, 1.54) is 11.3 Å². The van der Waals surface area contributed by atoms with Crippen molar-refractivity contribution in [1.29, 1.82) is 0 Å². The molecule has 1 aromatic heterocycles. The summed E-state index contributed by atoms with van der Waals surface area (Å²) in [5, 5.41) is 8.08. The molecule has 1 N–H and O–H groups in total. The number of hydrazone groups is 1. The molecule has 0 aliphatic heterocycles. The average Bonchev–Trinajstić information content (AvgIpc) is 3.11. The van der Waals surface area contributed by atoms with Gasteiger partial charge >= 0.3 is 0 Å². The third-order valence-electron chi connectivity index (χ3n) is 3.34. The number of thiophene rings is 1. The molecule has 4 nitrogen and oxygen atoms in total. The van der Waals surface area contributed by atoms with Crippen molar-refractivity contribution in [2.45, 2.75) is 6.92 Å². The monoisotopic (exact) mass is 324 g/mol. The van der Waals surface area contributed by atoms with Gasteiger partial charge in [0, 0.05) is 5.56 Å². The number of fused-ring (bicyclic) bond motifs is 1. The fourth-order valence-corrected chi connectivity index (χ4v) is 2.92. The highest BCUT2D eigenvalue weighted by Gasteiger charge is 2.08. The van der Waals surface area contributed by atoms with Crippen LogP contribution in [-0.4, -0.2) is 18.7 Å². The normalized spacial score (nSPS) is 11.0. The van der Waals surface area contributed by atoms with Gasteiger partial charge in [-0.2, -0.15) is 5.10 Å². The average molecular weight is 324 g/mol. The second kappa shape index (κ2) is 7.07. The molecule has 0 unspecified atom stereocenters. The first-order valence-electron chi connectivity index (χ1n) is 7.31. The first-order chi connectivity index (χ1) is 11.3. The maximum absolute atomic E-state index is 11.9. The molecule has 0 bridgehead atoms. The molecule has 1 heterocycles. The molecule has 3 rings (SSSR count). The number of ether oxygens (including phenoxy) is 1. The van der Waals surface area contributed by atoms with Crippen molar-refractivity contribution in [3.05, 3.63) is 64.4 Å². The summed E-state index contributed by atoms with van der Waals surface area (Å²) in [5.74, 6) is 0.537. The lowest BCUT2D eigenvalue weighted by atomic mass is 10.0. The highest BCUT2D eigenvalue weighted by Crippen LogP contribution is 2.26. The molecule has 0 aliphatic rings. The lowest BCUT2D eigenvalue weighted by Gasteiger charge is -2.10. The molecule has 0 saturated heterocycles. The molecule has 5 heteroatoms. The van der Waals surface area contributed by atoms with Crippen molar-refractivity contribution in [2.75, 3.05) is 6.61 Å². The minimum Gasteiger partial charge on any atom is -0.493 e. The fourth-order valence-electron chi connectivity index (χ4n) is 2.31. The van der Waals surface area contributed by atoms with Crippen LogP contribution in [0.1, 0.15) is 22.2 Å². The number of nitrogens with one attached hydrogen (secondary N) is 1. The Morgan fingerprint density at radius 3 is 2.87 bits per heavy atom. The highest BCUT2D eigenvalue weighted by atomic mass is 32.1. The van der Waals surface area contributed by atoms with Gasteiger partial charge in [-0.1, -0.05) is 36.4 Å². The van der Waals surface area contributed by atoms with Gasteiger partial charge in [0.15, 0.2) is 0 Å². The number of rotatable bonds is 5. The largest absolute Gasteiger partial charge is 0.493 e. The van der Waals surface area contributed by atoms with Gasteiger partial charge in [0.05, 0.1) is 17.7 Å². The molecule has 0 atom stereocenters. The molecule has 116 valence electrons. The molecule has 0 saturated carbocycles. The second-order valence-corrected chi connectivity index (χ2v) is 5.76. The lowest BCUT2D eigenvalue weighted by molar-refractivity contribution is 0.0959. The summed E-state index contributed by atoms with van der Waals surface area (Å²) in [6.45, 7) is 2.51. The van der Waals surface area contributed by atoms with Crippen LogP contribution in [0.25, 0.3) is 10.8 Å². The Kier molecular flexibility index (Phi) is 4.68. The number of carbonyl (C=O) groups excluding carboxylic acids is 1. The van der Waals surface area contributed by atoms with Crippen LogP contribution in [0.4, 0.5) is 0 Å². The Hall–Kier alpha value is -2.66. The lowest BCUT2D eigenvalue weighted by Crippen LogP contribution is -2.16. The highest BCUT2D eigenvalue weighted by molar-refractivity contribution is 7.12. The Bertz CT molecular complexity index is 841. The minimum atomic E-state index is -0.213. The summed E-state index contributed by atoms with van der Waals surface area (Å²) in [6.07, 6.45) is 1.64. The third kappa shape index (κ3) is 3.40. The van der Waals surface area contributed by atoms with Crippen molar-refractivity contribution >= 4 is 34.2 Å². The van der Waals surface area contributed by atoms with E-state index in [4.69, 9.17) is 4.74 Å². The molecule has 3 aromatic rings. The van der Waals surface area contributed by atoms with Gasteiger partial charge in [0.25, 0.3) is 5.91 Å². The van der Waals surface area contributed by atoms with Crippen molar-refractivity contribution < 1.29 is 9.53 Å². The number of hydrogen-bond donors (Lipinski definition) is 1. The van der Waals surface area contributed by atoms with E-state index < -0.39 is 0 Å². The molecular formula is C18H16N2O2S. The fraction of sp³-hybridized carbons (Fsp3) is 0.111. The zero-order valence-electron chi connectivity index (χ0n) is 12.7. The van der Waals surface area contributed by atoms with Crippen LogP contribution in [0.15, 0.2) is 59.0 Å². The van der Waals surface area contributed by atoms with E-state index in [1.54, 1.807) is 12.3 Å². The van der Waals surface area contributed by atoms with Crippen molar-refractivity contribution in [3.8, 4) is 5.75 Å². The second-order valence-electron chi connectivity index (χ2n) is 4.81. The molecule has 0 radical (unpaired) electrons. The van der Waals surface area contributed by atoms with Gasteiger partial charge in [-0.25, -0.2) is 5.43 Å². The first kappa shape index (κ1) is 15.2. The summed E-state index contributed by atoms with van der Waals surface area (Å²) in [4.78, 5) is 12.6. The van der Waals surface area contributed by atoms with E-state index in [9.17, 15) is 4.79 Å². The maximum atomic E-state index is 11.9. The molecular weight excluding hydrogens is 308 g/mol. The predicted molar refractivity (Wildman–Crippen MR) is 94.5 cm³/mol. The SMILES string of the molecule is CCOc1ccc2ccccc2c1C=NNC(=O)c1cccs1. The minimum absolute atomic E-state index is 0.213. The quantitative estimate of drug-likeness (QED) is 0.568. The number of nitrogens with zero attached hydrogens (tertiary/aromatic N) is 1. The van der Waals surface area contributed by atoms with E-state index >= 15 is 0 Å². The van der Waals surface area contributed by atoms with Gasteiger partial charge in [-0.15, -0.1) is 11.3 Å². The van der Waals surface area contributed by atoms with Crippen molar-refractivity contribution in [1.82, 2.24) is 5.43 Å². The van der Waals surface area contributed by atoms with Crippen molar-refractivity contribution in [3.63, 3.8) is 0 Å². The van der Waals surface area contributed by atoms with Crippen LogP contribution in [0, 0.1) is 0 Å². The topological polar surface area (TPSA) is 50.7 Å². The maximum Gasteiger partial charge on any atom is 0.281 e. The summed E-state index contributed by atoms with van der Waals surface area (Å²) in [7, 11) is 0. The standard InChI is InChI=1S/C18H16N2O2S/c1-2-22-16-10-9-13-6-3-4-7-14(13)15(16)12-19-20-18(21)17-8-5-11-23-17/h3-12H,2H2,1H3,(H,20,21). The van der Waals surface area contributed by atoms with E-state index in [0.29, 0.717) is 11.5 Å². The summed E-state index contributed by atoms with van der Waals surface area (Å²) >= 11 is 1.38. The summed E-state index contributed by atoms with van der Waals surface area (Å²) in [6, 6.07) is 15.5. The number of benzene rings is 2. The predicted octanol–water partition coefficient (Wildman–Crippen LogP) is 4.06. The molecule has 0 spiro atoms. The van der Waals surface area contributed by atoms with Gasteiger partial charge in [-0.05, 0) is 35.2 Å². The van der Waals surface area contributed by atoms with Crippen molar-refractivity contribution in [2.24, 2.45) is 5.10 Å². The van der Waals surface area contributed by atoms with Gasteiger partial charge in [-0.3, -0.25) is 4.79 Å². The van der Waals surface area contributed by atoms with Gasteiger partial charge in [0.1, 0.15) is 5.75 Å². The molecule has 0 aliphatic carbocycles. The summed E-state index contributed by atoms with van der Waals surface area (Å²) < 4.78 is 5.67. The smallest absolute Gasteiger partial charge is 0.281 e. The summed E-state index contributed by atoms with van der Waals surface area (Å²) in [5.41, 5.74) is 3.41. The van der Waals surface area contributed by atoms with E-state index in [0.717, 1.165) is 22.1 Å². The van der Waals surface area contributed by atoms with Gasteiger partial charge < -0.3 is 4.74 Å². The Morgan fingerprint density at radius 2 is 2.09 bits per heavy atom. The Morgan fingerprint density at radius 1 is 1.22 bits per heavy atom. The van der Waals surface area contributed by atoms with E-state index in [-0.39, 0.29) is 5.91 Å².